The average molecular weight is 304 g/mol. The van der Waals surface area contributed by atoms with Gasteiger partial charge in [0.1, 0.15) is 0 Å². The number of carbonyl (C=O) groups is 1. The van der Waals surface area contributed by atoms with Crippen LogP contribution >= 0.6 is 0 Å². The number of amides is 1. The van der Waals surface area contributed by atoms with Crippen molar-refractivity contribution in [2.24, 2.45) is 0 Å². The predicted octanol–water partition coefficient (Wildman–Crippen LogP) is 0.511. The zero-order valence-electron chi connectivity index (χ0n) is 10.8. The van der Waals surface area contributed by atoms with Crippen LogP contribution in [0.2, 0.25) is 0 Å². The monoisotopic (exact) mass is 304 g/mol. The van der Waals surface area contributed by atoms with E-state index in [1.807, 2.05) is 0 Å². The summed E-state index contributed by atoms with van der Waals surface area (Å²) in [6.07, 6.45) is 0. The van der Waals surface area contributed by atoms with Crippen molar-refractivity contribution in [2.45, 2.75) is 10.7 Å². The van der Waals surface area contributed by atoms with Crippen LogP contribution in [-0.2, 0) is 15.9 Å². The highest BCUT2D eigenvalue weighted by Crippen LogP contribution is 2.28. The highest BCUT2D eigenvalue weighted by atomic mass is 32.2. The SMILES string of the molecule is O=C1NC(O)(NS(=O)(=O)c2ccccc2)c2ccccc21. The fourth-order valence-electron chi connectivity index (χ4n) is 2.23. The Morgan fingerprint density at radius 2 is 1.62 bits per heavy atom. The second-order valence-corrected chi connectivity index (χ2v) is 6.31. The Morgan fingerprint density at radius 3 is 2.33 bits per heavy atom. The molecule has 0 saturated heterocycles. The van der Waals surface area contributed by atoms with Crippen molar-refractivity contribution in [1.82, 2.24) is 10.0 Å². The lowest BCUT2D eigenvalue weighted by Crippen LogP contribution is -2.53. The molecule has 3 rings (SSSR count). The molecular weight excluding hydrogens is 292 g/mol. The Hall–Kier alpha value is -2.22. The number of nitrogens with one attached hydrogen (secondary N) is 2. The lowest BCUT2D eigenvalue weighted by molar-refractivity contribution is 0.00289. The number of rotatable bonds is 3. The first-order valence-corrected chi connectivity index (χ1v) is 7.64. The summed E-state index contributed by atoms with van der Waals surface area (Å²) in [5.41, 5.74) is 0.408. The maximum atomic E-state index is 12.3. The number of aliphatic hydroxyl groups is 1. The van der Waals surface area contributed by atoms with Crippen molar-refractivity contribution in [2.75, 3.05) is 0 Å². The summed E-state index contributed by atoms with van der Waals surface area (Å²) in [5, 5.41) is 12.7. The summed E-state index contributed by atoms with van der Waals surface area (Å²) < 4.78 is 26.7. The lowest BCUT2D eigenvalue weighted by atomic mass is 10.1. The van der Waals surface area contributed by atoms with Crippen LogP contribution in [0.5, 0.6) is 0 Å². The van der Waals surface area contributed by atoms with E-state index < -0.39 is 21.8 Å². The topological polar surface area (TPSA) is 95.5 Å². The van der Waals surface area contributed by atoms with E-state index in [0.717, 1.165) is 0 Å². The molecule has 1 unspecified atom stereocenters. The molecule has 1 aliphatic heterocycles. The standard InChI is InChI=1S/C14H12N2O4S/c17-13-11-8-4-5-9-12(11)14(18,15-13)16-21(19,20)10-6-2-1-3-7-10/h1-9,16,18H,(H,15,17). The number of fused-ring (bicyclic) bond motifs is 1. The molecule has 1 heterocycles. The van der Waals surface area contributed by atoms with Gasteiger partial charge in [0.15, 0.2) is 0 Å². The first-order valence-electron chi connectivity index (χ1n) is 6.16. The van der Waals surface area contributed by atoms with Gasteiger partial charge in [-0.1, -0.05) is 36.4 Å². The van der Waals surface area contributed by atoms with Gasteiger partial charge in [-0.2, -0.15) is 4.72 Å². The van der Waals surface area contributed by atoms with Crippen molar-refractivity contribution in [3.63, 3.8) is 0 Å². The van der Waals surface area contributed by atoms with Gasteiger partial charge in [-0.05, 0) is 18.2 Å². The van der Waals surface area contributed by atoms with Crippen molar-refractivity contribution >= 4 is 15.9 Å². The van der Waals surface area contributed by atoms with Crippen molar-refractivity contribution in [3.05, 3.63) is 65.7 Å². The third kappa shape index (κ3) is 2.31. The van der Waals surface area contributed by atoms with Crippen molar-refractivity contribution in [3.8, 4) is 0 Å². The van der Waals surface area contributed by atoms with Crippen LogP contribution in [0.15, 0.2) is 59.5 Å². The molecule has 0 bridgehead atoms. The molecule has 0 spiro atoms. The van der Waals surface area contributed by atoms with E-state index in [1.165, 1.54) is 24.3 Å². The van der Waals surface area contributed by atoms with Gasteiger partial charge in [0.25, 0.3) is 5.91 Å². The molecule has 108 valence electrons. The highest BCUT2D eigenvalue weighted by molar-refractivity contribution is 7.89. The molecule has 1 atom stereocenters. The van der Waals surface area contributed by atoms with Crippen molar-refractivity contribution in [1.29, 1.82) is 0 Å². The van der Waals surface area contributed by atoms with Crippen LogP contribution in [0, 0.1) is 0 Å². The molecular formula is C14H12N2O4S. The quantitative estimate of drug-likeness (QED) is 0.720. The fourth-order valence-corrected chi connectivity index (χ4v) is 3.41. The molecule has 21 heavy (non-hydrogen) atoms. The van der Waals surface area contributed by atoms with E-state index in [4.69, 9.17) is 0 Å². The summed E-state index contributed by atoms with van der Waals surface area (Å²) in [5.74, 6) is -2.69. The zero-order chi connectivity index (χ0) is 15.1. The zero-order valence-corrected chi connectivity index (χ0v) is 11.6. The number of hydrogen-bond acceptors (Lipinski definition) is 4. The van der Waals surface area contributed by atoms with E-state index in [9.17, 15) is 18.3 Å². The Balaban J connectivity index is 2.01. The normalized spacial score (nSPS) is 20.9. The predicted molar refractivity (Wildman–Crippen MR) is 74.6 cm³/mol. The number of benzene rings is 2. The third-order valence-corrected chi connectivity index (χ3v) is 4.65. The minimum atomic E-state index is -3.98. The summed E-state index contributed by atoms with van der Waals surface area (Å²) in [6, 6.07) is 13.9. The summed E-state index contributed by atoms with van der Waals surface area (Å²) in [4.78, 5) is 11.8. The van der Waals surface area contributed by atoms with Gasteiger partial charge in [0, 0.05) is 11.1 Å². The molecule has 0 aliphatic carbocycles. The minimum Gasteiger partial charge on any atom is -0.354 e. The van der Waals surface area contributed by atoms with Gasteiger partial charge in [-0.25, -0.2) is 8.42 Å². The van der Waals surface area contributed by atoms with Crippen LogP contribution in [0.4, 0.5) is 0 Å². The van der Waals surface area contributed by atoms with Gasteiger partial charge in [-0.15, -0.1) is 0 Å². The first-order chi connectivity index (χ1) is 9.92. The van der Waals surface area contributed by atoms with Crippen LogP contribution in [0.1, 0.15) is 15.9 Å². The summed E-state index contributed by atoms with van der Waals surface area (Å²) >= 11 is 0. The summed E-state index contributed by atoms with van der Waals surface area (Å²) in [7, 11) is -3.98. The smallest absolute Gasteiger partial charge is 0.255 e. The highest BCUT2D eigenvalue weighted by Gasteiger charge is 2.44. The molecule has 1 aliphatic rings. The van der Waals surface area contributed by atoms with Gasteiger partial charge < -0.3 is 10.4 Å². The van der Waals surface area contributed by atoms with Gasteiger partial charge >= 0.3 is 0 Å². The van der Waals surface area contributed by atoms with E-state index in [2.05, 4.69) is 10.0 Å². The van der Waals surface area contributed by atoms with Crippen LogP contribution < -0.4 is 10.0 Å². The molecule has 0 radical (unpaired) electrons. The maximum Gasteiger partial charge on any atom is 0.255 e. The van der Waals surface area contributed by atoms with Crippen LogP contribution in [-0.4, -0.2) is 19.4 Å². The fraction of sp³-hybridized carbons (Fsp3) is 0.0714. The molecule has 3 N–H and O–H groups in total. The second-order valence-electron chi connectivity index (χ2n) is 4.63. The minimum absolute atomic E-state index is 0.00273. The number of carbonyl (C=O) groups excluding carboxylic acids is 1. The van der Waals surface area contributed by atoms with Crippen molar-refractivity contribution < 1.29 is 18.3 Å². The molecule has 0 fully saturated rings. The second kappa shape index (κ2) is 4.66. The van der Waals surface area contributed by atoms with Gasteiger partial charge in [0.05, 0.1) is 4.90 Å². The van der Waals surface area contributed by atoms with E-state index in [1.54, 1.807) is 30.3 Å². The third-order valence-electron chi connectivity index (χ3n) is 3.19. The van der Waals surface area contributed by atoms with Crippen LogP contribution in [0.3, 0.4) is 0 Å². The maximum absolute atomic E-state index is 12.3. The lowest BCUT2D eigenvalue weighted by Gasteiger charge is -2.24. The average Bonchev–Trinajstić information content (AvgIpc) is 2.71. The molecule has 7 heteroatoms. The van der Waals surface area contributed by atoms with Gasteiger partial charge in [0.2, 0.25) is 15.9 Å². The van der Waals surface area contributed by atoms with Gasteiger partial charge in [-0.3, -0.25) is 4.79 Å². The Bertz CT molecular complexity index is 805. The number of hydrogen-bond donors (Lipinski definition) is 3. The molecule has 2 aromatic carbocycles. The number of sulfonamides is 1. The largest absolute Gasteiger partial charge is 0.354 e. The van der Waals surface area contributed by atoms with E-state index in [0.29, 0.717) is 0 Å². The van der Waals surface area contributed by atoms with E-state index >= 15 is 0 Å². The first kappa shape index (κ1) is 13.7. The molecule has 0 saturated carbocycles. The molecule has 2 aromatic rings. The molecule has 0 aromatic heterocycles. The Labute approximate surface area is 121 Å². The molecule has 1 amide bonds. The Kier molecular flexibility index (Phi) is 3.05. The Morgan fingerprint density at radius 1 is 1.00 bits per heavy atom. The van der Waals surface area contributed by atoms with E-state index in [-0.39, 0.29) is 16.0 Å². The molecule has 6 nitrogen and oxygen atoms in total. The van der Waals surface area contributed by atoms with Crippen LogP contribution in [0.25, 0.3) is 0 Å². The summed E-state index contributed by atoms with van der Waals surface area (Å²) in [6.45, 7) is 0.